The predicted molar refractivity (Wildman–Crippen MR) is 96.0 cm³/mol. The van der Waals surface area contributed by atoms with Crippen molar-refractivity contribution < 1.29 is 10.0 Å². The van der Waals surface area contributed by atoms with Crippen molar-refractivity contribution in [1.29, 1.82) is 0 Å². The third kappa shape index (κ3) is 3.47. The quantitative estimate of drug-likeness (QED) is 0.403. The van der Waals surface area contributed by atoms with E-state index in [2.05, 4.69) is 9.97 Å². The van der Waals surface area contributed by atoms with Crippen LogP contribution in [0.3, 0.4) is 0 Å². The number of halogens is 2. The second kappa shape index (κ2) is 6.54. The molecule has 0 fully saturated rings. The maximum Gasteiger partial charge on any atom is 0.296 e. The Labute approximate surface area is 150 Å². The molecule has 126 valence electrons. The Kier molecular flexibility index (Phi) is 4.43. The third-order valence-corrected chi connectivity index (χ3v) is 3.85. The number of aliphatic hydroxyl groups is 1. The van der Waals surface area contributed by atoms with Gasteiger partial charge in [-0.05, 0) is 30.3 Å². The van der Waals surface area contributed by atoms with E-state index in [4.69, 9.17) is 23.2 Å². The molecular weight excluding hydrogens is 369 g/mol. The number of nitrogens with zero attached hydrogens (tertiary/aromatic N) is 2. The van der Waals surface area contributed by atoms with Crippen LogP contribution in [-0.2, 0) is 0 Å². The number of hydrogen-bond acceptors (Lipinski definition) is 5. The minimum absolute atomic E-state index is 0.0393. The van der Waals surface area contributed by atoms with E-state index in [-0.39, 0.29) is 33.2 Å². The van der Waals surface area contributed by atoms with E-state index in [9.17, 15) is 20.0 Å². The fourth-order valence-corrected chi connectivity index (χ4v) is 2.56. The molecule has 7 nitrogen and oxygen atoms in total. The van der Waals surface area contributed by atoms with Crippen molar-refractivity contribution in [2.75, 3.05) is 0 Å². The highest BCUT2D eigenvalue weighted by Gasteiger charge is 2.17. The van der Waals surface area contributed by atoms with Crippen LogP contribution in [0.2, 0.25) is 10.0 Å². The first-order valence-corrected chi connectivity index (χ1v) is 7.65. The number of aliphatic hydroxyl groups excluding tert-OH is 1. The Hall–Kier alpha value is -2.90. The van der Waals surface area contributed by atoms with Gasteiger partial charge >= 0.3 is 0 Å². The van der Waals surface area contributed by atoms with E-state index in [1.165, 1.54) is 6.07 Å². The molecule has 1 heterocycles. The van der Waals surface area contributed by atoms with E-state index in [0.29, 0.717) is 10.6 Å². The zero-order valence-corrected chi connectivity index (χ0v) is 13.9. The fourth-order valence-electron chi connectivity index (χ4n) is 2.23. The highest BCUT2D eigenvalue weighted by Crippen LogP contribution is 2.26. The summed E-state index contributed by atoms with van der Waals surface area (Å²) < 4.78 is 0. The summed E-state index contributed by atoms with van der Waals surface area (Å²) in [6.45, 7) is 0. The Balaban J connectivity index is 2.16. The van der Waals surface area contributed by atoms with Crippen molar-refractivity contribution in [2.45, 2.75) is 0 Å². The van der Waals surface area contributed by atoms with Crippen LogP contribution in [0.25, 0.3) is 22.9 Å². The maximum atomic E-state index is 12.2. The Morgan fingerprint density at radius 1 is 1.20 bits per heavy atom. The molecule has 3 aromatic rings. The number of non-ortho nitro benzene ring substituents is 1. The molecule has 9 heteroatoms. The molecule has 25 heavy (non-hydrogen) atoms. The molecule has 0 atom stereocenters. The van der Waals surface area contributed by atoms with Crippen molar-refractivity contribution in [2.24, 2.45) is 0 Å². The monoisotopic (exact) mass is 377 g/mol. The van der Waals surface area contributed by atoms with Gasteiger partial charge in [0.05, 0.1) is 10.4 Å². The molecule has 0 aliphatic heterocycles. The van der Waals surface area contributed by atoms with Gasteiger partial charge in [0.2, 0.25) is 0 Å². The lowest BCUT2D eigenvalue weighted by atomic mass is 10.1. The van der Waals surface area contributed by atoms with E-state index in [1.807, 2.05) is 0 Å². The molecule has 1 aromatic heterocycles. The van der Waals surface area contributed by atoms with Crippen LogP contribution >= 0.6 is 23.2 Å². The van der Waals surface area contributed by atoms with Crippen LogP contribution in [0.4, 0.5) is 5.69 Å². The Morgan fingerprint density at radius 3 is 2.52 bits per heavy atom. The molecule has 2 aromatic carbocycles. The van der Waals surface area contributed by atoms with E-state index >= 15 is 0 Å². The van der Waals surface area contributed by atoms with Crippen LogP contribution in [0.5, 0.6) is 0 Å². The molecule has 0 amide bonds. The van der Waals surface area contributed by atoms with Crippen molar-refractivity contribution in [3.63, 3.8) is 0 Å². The average Bonchev–Trinajstić information content (AvgIpc) is 2.55. The zero-order valence-electron chi connectivity index (χ0n) is 12.4. The number of nitro benzene ring substituents is 1. The second-order valence-electron chi connectivity index (χ2n) is 5.06. The topological polar surface area (TPSA) is 109 Å². The molecule has 2 N–H and O–H groups in total. The van der Waals surface area contributed by atoms with Crippen LogP contribution in [-0.4, -0.2) is 20.0 Å². The van der Waals surface area contributed by atoms with Crippen molar-refractivity contribution in [3.8, 4) is 0 Å². The van der Waals surface area contributed by atoms with Gasteiger partial charge in [-0.25, -0.2) is 4.98 Å². The molecule has 0 saturated carbocycles. The summed E-state index contributed by atoms with van der Waals surface area (Å²) in [6.07, 6.45) is 1.16. The highest BCUT2D eigenvalue weighted by molar-refractivity contribution is 6.31. The zero-order chi connectivity index (χ0) is 18.1. The number of hydrogen-bond donors (Lipinski definition) is 2. The molecule has 0 aliphatic carbocycles. The summed E-state index contributed by atoms with van der Waals surface area (Å²) in [5.74, 6) is -0.203. The number of aromatic amines is 1. The minimum Gasteiger partial charge on any atom is -0.507 e. The van der Waals surface area contributed by atoms with Crippen LogP contribution in [0.15, 0.2) is 41.2 Å². The molecule has 3 rings (SSSR count). The van der Waals surface area contributed by atoms with Gasteiger partial charge < -0.3 is 10.1 Å². The molecule has 0 spiro atoms. The fraction of sp³-hybridized carbons (Fsp3) is 0. The smallest absolute Gasteiger partial charge is 0.296 e. The van der Waals surface area contributed by atoms with Gasteiger partial charge in [-0.1, -0.05) is 23.2 Å². The van der Waals surface area contributed by atoms with Gasteiger partial charge in [-0.3, -0.25) is 14.9 Å². The second-order valence-corrected chi connectivity index (χ2v) is 5.94. The van der Waals surface area contributed by atoms with Crippen molar-refractivity contribution in [3.05, 3.63) is 78.2 Å². The maximum absolute atomic E-state index is 12.2. The van der Waals surface area contributed by atoms with Gasteiger partial charge in [0.1, 0.15) is 17.0 Å². The third-order valence-electron chi connectivity index (χ3n) is 3.38. The summed E-state index contributed by atoms with van der Waals surface area (Å²) in [5, 5.41) is 21.8. The van der Waals surface area contributed by atoms with Crippen LogP contribution in [0.1, 0.15) is 11.3 Å². The summed E-state index contributed by atoms with van der Waals surface area (Å²) in [5.41, 5.74) is -0.626. The summed E-state index contributed by atoms with van der Waals surface area (Å²) in [6, 6.07) is 8.83. The first-order chi connectivity index (χ1) is 11.8. The number of H-pyrrole nitrogens is 1. The molecule has 0 bridgehead atoms. The van der Waals surface area contributed by atoms with Crippen LogP contribution < -0.4 is 5.56 Å². The lowest BCUT2D eigenvalue weighted by Crippen LogP contribution is -2.13. The van der Waals surface area contributed by atoms with Gasteiger partial charge in [-0.2, -0.15) is 0 Å². The average molecular weight is 378 g/mol. The van der Waals surface area contributed by atoms with E-state index in [0.717, 1.165) is 12.1 Å². The number of nitro groups is 1. The molecule has 0 unspecified atom stereocenters. The van der Waals surface area contributed by atoms with E-state index < -0.39 is 10.5 Å². The minimum atomic E-state index is -0.682. The van der Waals surface area contributed by atoms with Gasteiger partial charge in [-0.15, -0.1) is 0 Å². The SMILES string of the molecule is O=c1[nH]c2c([N+](=O)[O-])cc(Cl)cc2nc1/C=C(\O)c1ccc(Cl)cc1. The normalized spacial score (nSPS) is 11.7. The first kappa shape index (κ1) is 16.9. The Bertz CT molecular complexity index is 1080. The summed E-state index contributed by atoms with van der Waals surface area (Å²) in [4.78, 5) is 29.1. The number of aromatic nitrogens is 2. The van der Waals surface area contributed by atoms with Crippen molar-refractivity contribution in [1.82, 2.24) is 9.97 Å². The predicted octanol–water partition coefficient (Wildman–Crippen LogP) is 4.19. The number of rotatable bonds is 3. The van der Waals surface area contributed by atoms with Gasteiger partial charge in [0.25, 0.3) is 11.2 Å². The molecular formula is C16H9Cl2N3O4. The van der Waals surface area contributed by atoms with E-state index in [1.54, 1.807) is 24.3 Å². The highest BCUT2D eigenvalue weighted by atomic mass is 35.5. The number of nitrogens with one attached hydrogen (secondary N) is 1. The molecule has 0 radical (unpaired) electrons. The number of fused-ring (bicyclic) bond motifs is 1. The van der Waals surface area contributed by atoms with Gasteiger partial charge in [0.15, 0.2) is 0 Å². The van der Waals surface area contributed by atoms with Crippen LogP contribution in [0, 0.1) is 10.1 Å². The Morgan fingerprint density at radius 2 is 1.88 bits per heavy atom. The number of benzene rings is 2. The summed E-state index contributed by atoms with van der Waals surface area (Å²) in [7, 11) is 0. The molecule has 0 saturated heterocycles. The standard InChI is InChI=1S/C16H9Cl2N3O4/c17-9-3-1-8(2-4-9)14(22)7-12-16(23)20-15-11(19-12)5-10(18)6-13(15)21(24)25/h1-7,22H,(H,20,23)/b14-7-. The molecule has 0 aliphatic rings. The first-order valence-electron chi connectivity index (χ1n) is 6.90. The van der Waals surface area contributed by atoms with Crippen molar-refractivity contribution >= 4 is 51.8 Å². The summed E-state index contributed by atoms with van der Waals surface area (Å²) >= 11 is 11.6. The lowest BCUT2D eigenvalue weighted by Gasteiger charge is -2.03. The van der Waals surface area contributed by atoms with Gasteiger partial charge in [0, 0.05) is 27.8 Å². The largest absolute Gasteiger partial charge is 0.507 e. The lowest BCUT2D eigenvalue weighted by molar-refractivity contribution is -0.383.